The van der Waals surface area contributed by atoms with Crippen molar-refractivity contribution in [1.29, 1.82) is 0 Å². The van der Waals surface area contributed by atoms with Gasteiger partial charge in [-0.15, -0.1) is 0 Å². The van der Waals surface area contributed by atoms with Crippen molar-refractivity contribution in [2.75, 3.05) is 32.0 Å². The monoisotopic (exact) mass is 561 g/mol. The van der Waals surface area contributed by atoms with Gasteiger partial charge in [0.15, 0.2) is 11.5 Å². The number of hydrogen-bond acceptors (Lipinski definition) is 8. The lowest BCUT2D eigenvalue weighted by molar-refractivity contribution is -0.113. The molecule has 10 nitrogen and oxygen atoms in total. The summed E-state index contributed by atoms with van der Waals surface area (Å²) in [6, 6.07) is 17.4. The van der Waals surface area contributed by atoms with E-state index in [9.17, 15) is 4.79 Å². The lowest BCUT2D eigenvalue weighted by Gasteiger charge is -2.30. The van der Waals surface area contributed by atoms with Gasteiger partial charge in [-0.25, -0.2) is 4.68 Å². The number of benzene rings is 3. The van der Waals surface area contributed by atoms with E-state index in [4.69, 9.17) is 30.5 Å². The molecule has 40 heavy (non-hydrogen) atoms. The first-order valence-corrected chi connectivity index (χ1v) is 12.8. The maximum absolute atomic E-state index is 14.0. The van der Waals surface area contributed by atoms with E-state index in [-0.39, 0.29) is 12.5 Å². The zero-order chi connectivity index (χ0) is 28.2. The van der Waals surface area contributed by atoms with Gasteiger partial charge < -0.3 is 29.6 Å². The van der Waals surface area contributed by atoms with Gasteiger partial charge in [-0.05, 0) is 31.2 Å². The summed E-state index contributed by atoms with van der Waals surface area (Å²) in [4.78, 5) is 18.3. The van der Waals surface area contributed by atoms with Crippen LogP contribution < -0.4 is 29.6 Å². The molecule has 0 saturated carbocycles. The Balaban J connectivity index is 1.59. The molecule has 1 aliphatic rings. The summed E-state index contributed by atoms with van der Waals surface area (Å²) in [6.07, 6.45) is 1.43. The fourth-order valence-electron chi connectivity index (χ4n) is 4.60. The van der Waals surface area contributed by atoms with Crippen LogP contribution >= 0.6 is 11.6 Å². The van der Waals surface area contributed by atoms with Crippen LogP contribution in [-0.4, -0.2) is 42.0 Å². The van der Waals surface area contributed by atoms with Crippen LogP contribution in [0.4, 0.5) is 11.6 Å². The van der Waals surface area contributed by atoms with Gasteiger partial charge in [-0.3, -0.25) is 4.79 Å². The van der Waals surface area contributed by atoms with Crippen LogP contribution in [0.3, 0.4) is 0 Å². The van der Waals surface area contributed by atoms with Crippen LogP contribution in [0.1, 0.15) is 24.1 Å². The molecule has 0 radical (unpaired) electrons. The minimum absolute atomic E-state index is 0.188. The Bertz CT molecular complexity index is 1580. The number of carbonyl (C=O) groups excluding carboxylic acids is 1. The quantitative estimate of drug-likeness (QED) is 0.277. The molecule has 1 unspecified atom stereocenters. The number of ether oxygens (including phenoxy) is 4. The number of hydrogen-bond donors (Lipinski definition) is 2. The van der Waals surface area contributed by atoms with Crippen LogP contribution in [0.25, 0.3) is 0 Å². The third-order valence-electron chi connectivity index (χ3n) is 6.55. The van der Waals surface area contributed by atoms with Gasteiger partial charge in [0.2, 0.25) is 5.95 Å². The molecule has 0 spiro atoms. The normalized spacial score (nSPS) is 14.2. The van der Waals surface area contributed by atoms with Gasteiger partial charge in [0.1, 0.15) is 30.5 Å². The molecule has 5 rings (SSSR count). The lowest BCUT2D eigenvalue weighted by Crippen LogP contribution is -2.32. The van der Waals surface area contributed by atoms with Crippen LogP contribution in [0, 0.1) is 0 Å². The van der Waals surface area contributed by atoms with Gasteiger partial charge in [-0.2, -0.15) is 10.1 Å². The molecule has 3 aromatic carbocycles. The number of fused-ring (bicyclic) bond motifs is 1. The van der Waals surface area contributed by atoms with Crippen molar-refractivity contribution >= 4 is 29.1 Å². The Kier molecular flexibility index (Phi) is 7.79. The topological polar surface area (TPSA) is 109 Å². The van der Waals surface area contributed by atoms with Crippen molar-refractivity contribution in [3.05, 3.63) is 94.4 Å². The molecule has 0 bridgehead atoms. The maximum Gasteiger partial charge on any atom is 0.255 e. The molecule has 2 heterocycles. The number of amides is 1. The highest BCUT2D eigenvalue weighted by atomic mass is 35.5. The SMILES string of the molecule is COc1ccc(OC)c(NC(=O)C2=C(C)Nc3ncnn3C2c2cccc(OC)c2OCc2ccccc2Cl)c1. The number of anilines is 2. The largest absolute Gasteiger partial charge is 0.497 e. The highest BCUT2D eigenvalue weighted by Gasteiger charge is 2.36. The summed E-state index contributed by atoms with van der Waals surface area (Å²) in [7, 11) is 4.66. The number of allylic oxidation sites excluding steroid dienone is 1. The Morgan fingerprint density at radius 2 is 1.82 bits per heavy atom. The van der Waals surface area contributed by atoms with Crippen molar-refractivity contribution in [3.8, 4) is 23.0 Å². The summed E-state index contributed by atoms with van der Waals surface area (Å²) in [5.74, 6) is 2.12. The molecule has 0 saturated heterocycles. The van der Waals surface area contributed by atoms with Gasteiger partial charge in [0.05, 0.1) is 32.6 Å². The van der Waals surface area contributed by atoms with E-state index in [0.29, 0.717) is 56.5 Å². The first-order valence-electron chi connectivity index (χ1n) is 12.4. The standard InChI is InChI=1S/C29H28ClN5O5/c1-17-25(28(36)34-22-14-19(37-2)12-13-23(22)38-3)26(35-29(33-17)31-16-32-35)20-9-7-11-24(39-4)27(20)40-15-18-8-5-6-10-21(18)30/h5-14,16,26H,15H2,1-4H3,(H,34,36)(H,31,32,33). The summed E-state index contributed by atoms with van der Waals surface area (Å²) < 4.78 is 24.5. The van der Waals surface area contributed by atoms with Gasteiger partial charge >= 0.3 is 0 Å². The Morgan fingerprint density at radius 1 is 1.02 bits per heavy atom. The van der Waals surface area contributed by atoms with Crippen molar-refractivity contribution in [3.63, 3.8) is 0 Å². The average molecular weight is 562 g/mol. The molecule has 4 aromatic rings. The van der Waals surface area contributed by atoms with E-state index < -0.39 is 6.04 Å². The summed E-state index contributed by atoms with van der Waals surface area (Å²) >= 11 is 6.39. The van der Waals surface area contributed by atoms with Gasteiger partial charge in [-0.1, -0.05) is 41.9 Å². The Labute approximate surface area is 236 Å². The molecular weight excluding hydrogens is 534 g/mol. The molecule has 1 amide bonds. The maximum atomic E-state index is 14.0. The van der Waals surface area contributed by atoms with Gasteiger partial charge in [0, 0.05) is 27.9 Å². The third-order valence-corrected chi connectivity index (χ3v) is 6.92. The second-order valence-electron chi connectivity index (χ2n) is 8.87. The molecule has 206 valence electrons. The second kappa shape index (κ2) is 11.6. The highest BCUT2D eigenvalue weighted by molar-refractivity contribution is 6.31. The van der Waals surface area contributed by atoms with E-state index in [0.717, 1.165) is 5.56 Å². The summed E-state index contributed by atoms with van der Waals surface area (Å²) in [5.41, 5.74) is 2.92. The number of aromatic nitrogens is 3. The summed E-state index contributed by atoms with van der Waals surface area (Å²) in [5, 5.41) is 11.2. The van der Waals surface area contributed by atoms with E-state index in [1.807, 2.05) is 37.3 Å². The van der Waals surface area contributed by atoms with E-state index in [2.05, 4.69) is 20.7 Å². The fourth-order valence-corrected chi connectivity index (χ4v) is 4.79. The van der Waals surface area contributed by atoms with Crippen LogP contribution in [0.15, 0.2) is 78.3 Å². The minimum atomic E-state index is -0.702. The van der Waals surface area contributed by atoms with Crippen LogP contribution in [-0.2, 0) is 11.4 Å². The average Bonchev–Trinajstić information content (AvgIpc) is 3.43. The molecule has 11 heteroatoms. The minimum Gasteiger partial charge on any atom is -0.497 e. The van der Waals surface area contributed by atoms with Gasteiger partial charge in [0.25, 0.3) is 5.91 Å². The number of nitrogens with zero attached hydrogens (tertiary/aromatic N) is 3. The first-order chi connectivity index (χ1) is 19.4. The molecule has 0 aliphatic carbocycles. The van der Waals surface area contributed by atoms with E-state index in [1.54, 1.807) is 49.2 Å². The van der Waals surface area contributed by atoms with Crippen LogP contribution in [0.5, 0.6) is 23.0 Å². The van der Waals surface area contributed by atoms with Crippen molar-refractivity contribution in [2.45, 2.75) is 19.6 Å². The number of methoxy groups -OCH3 is 3. The smallest absolute Gasteiger partial charge is 0.255 e. The molecule has 2 N–H and O–H groups in total. The molecular formula is C29H28ClN5O5. The molecule has 0 fully saturated rings. The number of para-hydroxylation sites is 1. The molecule has 1 atom stereocenters. The van der Waals surface area contributed by atoms with Crippen LogP contribution in [0.2, 0.25) is 5.02 Å². The van der Waals surface area contributed by atoms with E-state index >= 15 is 0 Å². The number of halogens is 1. The zero-order valence-electron chi connectivity index (χ0n) is 22.4. The first kappa shape index (κ1) is 26.9. The predicted molar refractivity (Wildman–Crippen MR) is 151 cm³/mol. The van der Waals surface area contributed by atoms with E-state index in [1.165, 1.54) is 13.4 Å². The highest BCUT2D eigenvalue weighted by Crippen LogP contribution is 2.43. The van der Waals surface area contributed by atoms with Crippen molar-refractivity contribution < 1.29 is 23.7 Å². The van der Waals surface area contributed by atoms with Crippen molar-refractivity contribution in [1.82, 2.24) is 14.8 Å². The number of carbonyl (C=O) groups is 1. The Hall–Kier alpha value is -4.70. The molecule has 1 aromatic heterocycles. The second-order valence-corrected chi connectivity index (χ2v) is 9.28. The fraction of sp³-hybridized carbons (Fsp3) is 0.207. The number of rotatable bonds is 9. The third kappa shape index (κ3) is 5.13. The van der Waals surface area contributed by atoms with Crippen molar-refractivity contribution in [2.24, 2.45) is 0 Å². The zero-order valence-corrected chi connectivity index (χ0v) is 23.2. The molecule has 1 aliphatic heterocycles. The number of nitrogens with one attached hydrogen (secondary N) is 2. The predicted octanol–water partition coefficient (Wildman–Crippen LogP) is 5.46. The summed E-state index contributed by atoms with van der Waals surface area (Å²) in [6.45, 7) is 2.00. The Morgan fingerprint density at radius 3 is 2.58 bits per heavy atom. The lowest BCUT2D eigenvalue weighted by atomic mass is 9.93.